The maximum Gasteiger partial charge on any atom is 0.0843 e. The smallest absolute Gasteiger partial charge is 0.0843 e. The Labute approximate surface area is 111 Å². The Morgan fingerprint density at radius 2 is 1.94 bits per heavy atom. The molecule has 1 aromatic heterocycles. The topological polar surface area (TPSA) is 12.9 Å². The molecule has 1 nitrogen and oxygen atoms in total. The molecule has 1 aromatic carbocycles. The van der Waals surface area contributed by atoms with E-state index in [1.54, 1.807) is 11.3 Å². The lowest BCUT2D eigenvalue weighted by Gasteiger charge is -2.06. The van der Waals surface area contributed by atoms with E-state index in [0.717, 1.165) is 12.1 Å². The highest BCUT2D eigenvalue weighted by atomic mass is 35.5. The third-order valence-corrected chi connectivity index (χ3v) is 3.90. The van der Waals surface area contributed by atoms with Crippen molar-refractivity contribution in [3.05, 3.63) is 40.2 Å². The van der Waals surface area contributed by atoms with Crippen molar-refractivity contribution in [2.24, 2.45) is 0 Å². The minimum atomic E-state index is 0.571. The van der Waals surface area contributed by atoms with Crippen LogP contribution in [0.1, 0.15) is 30.2 Å². The predicted molar refractivity (Wildman–Crippen MR) is 76.1 cm³/mol. The summed E-state index contributed by atoms with van der Waals surface area (Å²) in [6, 6.07) is 8.68. The molecule has 3 heteroatoms. The lowest BCUT2D eigenvalue weighted by Crippen LogP contribution is -1.89. The monoisotopic (exact) mass is 265 g/mol. The third kappa shape index (κ3) is 2.88. The summed E-state index contributed by atoms with van der Waals surface area (Å²) in [5.74, 6) is 1.22. The van der Waals surface area contributed by atoms with Gasteiger partial charge in [-0.3, -0.25) is 0 Å². The van der Waals surface area contributed by atoms with Crippen LogP contribution in [0.2, 0.25) is 0 Å². The van der Waals surface area contributed by atoms with Crippen LogP contribution in [0.25, 0.3) is 11.3 Å². The van der Waals surface area contributed by atoms with Crippen LogP contribution in [0, 0.1) is 0 Å². The number of alkyl halides is 1. The number of benzene rings is 1. The van der Waals surface area contributed by atoms with Crippen molar-refractivity contribution in [3.8, 4) is 11.3 Å². The number of aryl methyl sites for hydroxylation is 1. The number of aromatic nitrogens is 1. The molecule has 0 atom stereocenters. The number of hydrogen-bond donors (Lipinski definition) is 0. The fourth-order valence-electron chi connectivity index (χ4n) is 1.80. The van der Waals surface area contributed by atoms with Crippen molar-refractivity contribution >= 4 is 22.9 Å². The minimum absolute atomic E-state index is 0.571. The summed E-state index contributed by atoms with van der Waals surface area (Å²) in [4.78, 5) is 5.71. The second kappa shape index (κ2) is 5.65. The third-order valence-electron chi connectivity index (χ3n) is 2.81. The van der Waals surface area contributed by atoms with Crippen LogP contribution >= 0.6 is 22.9 Å². The molecule has 0 aliphatic carbocycles. The molecule has 0 radical (unpaired) electrons. The van der Waals surface area contributed by atoms with Gasteiger partial charge in [-0.2, -0.15) is 0 Å². The van der Waals surface area contributed by atoms with Gasteiger partial charge in [-0.05, 0) is 17.9 Å². The van der Waals surface area contributed by atoms with Crippen LogP contribution < -0.4 is 0 Å². The highest BCUT2D eigenvalue weighted by Crippen LogP contribution is 2.27. The molecule has 0 saturated heterocycles. The van der Waals surface area contributed by atoms with E-state index in [9.17, 15) is 0 Å². The molecule has 2 rings (SSSR count). The van der Waals surface area contributed by atoms with E-state index in [2.05, 4.69) is 43.1 Å². The van der Waals surface area contributed by atoms with E-state index >= 15 is 0 Å². The Morgan fingerprint density at radius 3 is 2.53 bits per heavy atom. The highest BCUT2D eigenvalue weighted by molar-refractivity contribution is 7.10. The fraction of sp³-hybridized carbons (Fsp3) is 0.357. The summed E-state index contributed by atoms with van der Waals surface area (Å²) in [6.45, 7) is 4.41. The van der Waals surface area contributed by atoms with Gasteiger partial charge in [0.05, 0.1) is 11.2 Å². The van der Waals surface area contributed by atoms with E-state index < -0.39 is 0 Å². The van der Waals surface area contributed by atoms with Crippen LogP contribution in [0.4, 0.5) is 0 Å². The van der Waals surface area contributed by atoms with Gasteiger partial charge in [0.1, 0.15) is 0 Å². The van der Waals surface area contributed by atoms with E-state index in [-0.39, 0.29) is 0 Å². The van der Waals surface area contributed by atoms with E-state index in [4.69, 9.17) is 11.6 Å². The summed E-state index contributed by atoms with van der Waals surface area (Å²) in [7, 11) is 0. The molecule has 1 heterocycles. The first-order chi connectivity index (χ1) is 8.22. The van der Waals surface area contributed by atoms with Gasteiger partial charge in [-0.25, -0.2) is 4.98 Å². The van der Waals surface area contributed by atoms with E-state index in [0.29, 0.717) is 11.8 Å². The molecule has 0 amide bonds. The normalized spacial score (nSPS) is 11.1. The van der Waals surface area contributed by atoms with Crippen LogP contribution in [-0.4, -0.2) is 10.9 Å². The number of rotatable bonds is 4. The van der Waals surface area contributed by atoms with Crippen molar-refractivity contribution in [2.45, 2.75) is 26.2 Å². The summed E-state index contributed by atoms with van der Waals surface area (Å²) < 4.78 is 0. The van der Waals surface area contributed by atoms with Gasteiger partial charge >= 0.3 is 0 Å². The maximum absolute atomic E-state index is 5.80. The van der Waals surface area contributed by atoms with Gasteiger partial charge in [0.15, 0.2) is 0 Å². The Kier molecular flexibility index (Phi) is 4.19. The summed E-state index contributed by atoms with van der Waals surface area (Å²) in [5, 5.41) is 0. The van der Waals surface area contributed by atoms with Crippen molar-refractivity contribution < 1.29 is 0 Å². The van der Waals surface area contributed by atoms with Gasteiger partial charge in [-0.15, -0.1) is 22.9 Å². The molecule has 0 bridgehead atoms. The molecule has 17 heavy (non-hydrogen) atoms. The summed E-state index contributed by atoms with van der Waals surface area (Å²) >= 11 is 7.48. The summed E-state index contributed by atoms with van der Waals surface area (Å²) in [6.07, 6.45) is 0.896. The van der Waals surface area contributed by atoms with E-state index in [1.807, 2.05) is 5.51 Å². The SMILES string of the molecule is CC(C)c1ccc(-c2ncsc2CCCl)cc1. The second-order valence-electron chi connectivity index (χ2n) is 4.34. The zero-order valence-electron chi connectivity index (χ0n) is 10.1. The average molecular weight is 266 g/mol. The molecule has 0 N–H and O–H groups in total. The quantitative estimate of drug-likeness (QED) is 0.730. The Morgan fingerprint density at radius 1 is 1.24 bits per heavy atom. The lowest BCUT2D eigenvalue weighted by molar-refractivity contribution is 0.867. The number of thiazole rings is 1. The summed E-state index contributed by atoms with van der Waals surface area (Å²) in [5.41, 5.74) is 5.54. The first-order valence-electron chi connectivity index (χ1n) is 5.81. The van der Waals surface area contributed by atoms with Crippen molar-refractivity contribution in [1.82, 2.24) is 4.98 Å². The Hall–Kier alpha value is -0.860. The maximum atomic E-state index is 5.80. The minimum Gasteiger partial charge on any atom is -0.244 e. The van der Waals surface area contributed by atoms with Crippen LogP contribution in [0.3, 0.4) is 0 Å². The molecule has 90 valence electrons. The first kappa shape index (κ1) is 12.6. The van der Waals surface area contributed by atoms with Gasteiger partial charge in [0, 0.05) is 16.3 Å². The zero-order valence-corrected chi connectivity index (χ0v) is 11.7. The van der Waals surface area contributed by atoms with E-state index in [1.165, 1.54) is 16.0 Å². The Bertz CT molecular complexity index is 473. The van der Waals surface area contributed by atoms with Gasteiger partial charge in [0.2, 0.25) is 0 Å². The molecule has 2 aromatic rings. The van der Waals surface area contributed by atoms with Gasteiger partial charge in [-0.1, -0.05) is 38.1 Å². The molecular weight excluding hydrogens is 250 g/mol. The predicted octanol–water partition coefficient (Wildman–Crippen LogP) is 4.71. The number of nitrogens with zero attached hydrogens (tertiary/aromatic N) is 1. The Balaban J connectivity index is 2.30. The van der Waals surface area contributed by atoms with Crippen LogP contribution in [-0.2, 0) is 6.42 Å². The largest absolute Gasteiger partial charge is 0.244 e. The molecule has 0 aliphatic heterocycles. The van der Waals surface area contributed by atoms with Crippen molar-refractivity contribution in [1.29, 1.82) is 0 Å². The van der Waals surface area contributed by atoms with Gasteiger partial charge < -0.3 is 0 Å². The molecule has 0 unspecified atom stereocenters. The first-order valence-corrected chi connectivity index (χ1v) is 7.22. The average Bonchev–Trinajstić information content (AvgIpc) is 2.78. The van der Waals surface area contributed by atoms with Crippen LogP contribution in [0.15, 0.2) is 29.8 Å². The zero-order chi connectivity index (χ0) is 12.3. The molecule has 0 spiro atoms. The fourth-order valence-corrected chi connectivity index (χ4v) is 2.88. The standard InChI is InChI=1S/C14H16ClNS/c1-10(2)11-3-5-12(6-4-11)14-13(7-8-15)17-9-16-14/h3-6,9-10H,7-8H2,1-2H3. The second-order valence-corrected chi connectivity index (χ2v) is 5.66. The molecule has 0 saturated carbocycles. The van der Waals surface area contributed by atoms with Crippen LogP contribution in [0.5, 0.6) is 0 Å². The van der Waals surface area contributed by atoms with Crippen molar-refractivity contribution in [2.75, 3.05) is 5.88 Å². The molecular formula is C14H16ClNS. The number of halogens is 1. The lowest BCUT2D eigenvalue weighted by atomic mass is 10.0. The van der Waals surface area contributed by atoms with Crippen molar-refractivity contribution in [3.63, 3.8) is 0 Å². The van der Waals surface area contributed by atoms with Gasteiger partial charge in [0.25, 0.3) is 0 Å². The molecule has 0 aliphatic rings. The number of hydrogen-bond acceptors (Lipinski definition) is 2. The highest BCUT2D eigenvalue weighted by Gasteiger charge is 2.08. The molecule has 0 fully saturated rings.